The molecule has 2 atom stereocenters. The molecule has 0 bridgehead atoms. The van der Waals surface area contributed by atoms with Gasteiger partial charge in [0.2, 0.25) is 0 Å². The number of fused-ring (bicyclic) bond motifs is 1. The van der Waals surface area contributed by atoms with E-state index in [4.69, 9.17) is 4.74 Å². The molecular formula is C17H25NO3. The van der Waals surface area contributed by atoms with E-state index in [1.54, 1.807) is 0 Å². The Bertz CT molecular complexity index is 499. The first-order valence-corrected chi connectivity index (χ1v) is 7.70. The molecule has 4 heteroatoms. The van der Waals surface area contributed by atoms with Gasteiger partial charge in [0.1, 0.15) is 5.75 Å². The van der Waals surface area contributed by atoms with Crippen LogP contribution in [-0.4, -0.2) is 23.7 Å². The number of hydrogen-bond donors (Lipinski definition) is 2. The highest BCUT2D eigenvalue weighted by Crippen LogP contribution is 2.32. The van der Waals surface area contributed by atoms with E-state index in [0.29, 0.717) is 11.7 Å². The van der Waals surface area contributed by atoms with Crippen LogP contribution in [0.1, 0.15) is 50.8 Å². The molecule has 1 aliphatic rings. The molecule has 1 aromatic rings. The molecule has 1 aliphatic carbocycles. The van der Waals surface area contributed by atoms with Gasteiger partial charge in [-0.05, 0) is 55.4 Å². The molecule has 0 aromatic heterocycles. The standard InChI is InChI=1S/C17H25NO3/c1-11(2)12(3)18-17(20)10-21-14-8-7-13-5-4-6-16(19)15(13)9-14/h7-9,11-12,16,19H,4-6,10H2,1-3H3,(H,18,20). The number of benzene rings is 1. The monoisotopic (exact) mass is 291 g/mol. The largest absolute Gasteiger partial charge is 0.484 e. The van der Waals surface area contributed by atoms with E-state index in [1.165, 1.54) is 5.56 Å². The number of aliphatic hydroxyl groups is 1. The van der Waals surface area contributed by atoms with Gasteiger partial charge in [-0.25, -0.2) is 0 Å². The third-order valence-electron chi connectivity index (χ3n) is 4.16. The second-order valence-corrected chi connectivity index (χ2v) is 6.16. The van der Waals surface area contributed by atoms with Crippen LogP contribution >= 0.6 is 0 Å². The Hall–Kier alpha value is -1.55. The summed E-state index contributed by atoms with van der Waals surface area (Å²) in [5, 5.41) is 12.9. The van der Waals surface area contributed by atoms with Crippen LogP contribution in [0.5, 0.6) is 5.75 Å². The molecule has 0 aliphatic heterocycles. The highest BCUT2D eigenvalue weighted by molar-refractivity contribution is 5.77. The number of aryl methyl sites for hydroxylation is 1. The zero-order valence-electron chi connectivity index (χ0n) is 13.1. The Morgan fingerprint density at radius 1 is 1.43 bits per heavy atom. The summed E-state index contributed by atoms with van der Waals surface area (Å²) in [7, 11) is 0. The zero-order valence-corrected chi connectivity index (χ0v) is 13.1. The van der Waals surface area contributed by atoms with Gasteiger partial charge in [-0.2, -0.15) is 0 Å². The molecule has 0 saturated heterocycles. The lowest BCUT2D eigenvalue weighted by Crippen LogP contribution is -2.38. The van der Waals surface area contributed by atoms with E-state index in [0.717, 1.165) is 24.8 Å². The number of carbonyl (C=O) groups excluding carboxylic acids is 1. The van der Waals surface area contributed by atoms with Crippen LogP contribution in [0.3, 0.4) is 0 Å². The van der Waals surface area contributed by atoms with Crippen molar-refractivity contribution in [1.82, 2.24) is 5.32 Å². The minimum atomic E-state index is -0.410. The van der Waals surface area contributed by atoms with Gasteiger partial charge in [0.25, 0.3) is 5.91 Å². The van der Waals surface area contributed by atoms with Crippen LogP contribution in [0.4, 0.5) is 0 Å². The van der Waals surface area contributed by atoms with E-state index in [2.05, 4.69) is 19.2 Å². The van der Waals surface area contributed by atoms with Gasteiger partial charge in [-0.15, -0.1) is 0 Å². The fourth-order valence-electron chi connectivity index (χ4n) is 2.45. The Labute approximate surface area is 126 Å². The average Bonchev–Trinajstić information content (AvgIpc) is 2.45. The second kappa shape index (κ2) is 6.94. The summed E-state index contributed by atoms with van der Waals surface area (Å²) < 4.78 is 5.54. The summed E-state index contributed by atoms with van der Waals surface area (Å²) in [6.45, 7) is 6.12. The maximum absolute atomic E-state index is 11.8. The third kappa shape index (κ3) is 4.21. The maximum Gasteiger partial charge on any atom is 0.258 e. The molecule has 2 rings (SSSR count). The lowest BCUT2D eigenvalue weighted by molar-refractivity contribution is -0.124. The van der Waals surface area contributed by atoms with E-state index in [9.17, 15) is 9.90 Å². The van der Waals surface area contributed by atoms with Crippen molar-refractivity contribution < 1.29 is 14.6 Å². The Balaban J connectivity index is 1.92. The first kappa shape index (κ1) is 15.8. The number of carbonyl (C=O) groups is 1. The fraction of sp³-hybridized carbons (Fsp3) is 0.588. The van der Waals surface area contributed by atoms with Crippen LogP contribution in [-0.2, 0) is 11.2 Å². The van der Waals surface area contributed by atoms with Crippen LogP contribution in [0.25, 0.3) is 0 Å². The summed E-state index contributed by atoms with van der Waals surface area (Å²) in [6.07, 6.45) is 2.40. The van der Waals surface area contributed by atoms with Crippen molar-refractivity contribution in [3.8, 4) is 5.75 Å². The van der Waals surface area contributed by atoms with Crippen LogP contribution in [0, 0.1) is 5.92 Å². The summed E-state index contributed by atoms with van der Waals surface area (Å²) in [4.78, 5) is 11.8. The molecule has 2 unspecified atom stereocenters. The number of hydrogen-bond acceptors (Lipinski definition) is 3. The SMILES string of the molecule is CC(C)C(C)NC(=O)COc1ccc2c(c1)C(O)CCC2. The molecule has 0 fully saturated rings. The van der Waals surface area contributed by atoms with E-state index in [1.807, 2.05) is 25.1 Å². The van der Waals surface area contributed by atoms with E-state index in [-0.39, 0.29) is 18.6 Å². The Kier molecular flexibility index (Phi) is 5.23. The van der Waals surface area contributed by atoms with Crippen LogP contribution < -0.4 is 10.1 Å². The average molecular weight is 291 g/mol. The molecule has 0 radical (unpaired) electrons. The van der Waals surface area contributed by atoms with Gasteiger partial charge in [-0.3, -0.25) is 4.79 Å². The van der Waals surface area contributed by atoms with Crippen LogP contribution in [0.15, 0.2) is 18.2 Å². The first-order valence-electron chi connectivity index (χ1n) is 7.70. The van der Waals surface area contributed by atoms with Gasteiger partial charge in [0.05, 0.1) is 6.10 Å². The normalized spacial score (nSPS) is 19.0. The highest BCUT2D eigenvalue weighted by atomic mass is 16.5. The molecule has 1 amide bonds. The molecule has 21 heavy (non-hydrogen) atoms. The molecule has 116 valence electrons. The lowest BCUT2D eigenvalue weighted by atomic mass is 9.89. The maximum atomic E-state index is 11.8. The zero-order chi connectivity index (χ0) is 15.4. The summed E-state index contributed by atoms with van der Waals surface area (Å²) >= 11 is 0. The minimum Gasteiger partial charge on any atom is -0.484 e. The van der Waals surface area contributed by atoms with Gasteiger partial charge >= 0.3 is 0 Å². The number of nitrogens with one attached hydrogen (secondary N) is 1. The molecule has 0 saturated carbocycles. The minimum absolute atomic E-state index is 0.00589. The van der Waals surface area contributed by atoms with Crippen molar-refractivity contribution in [2.75, 3.05) is 6.61 Å². The van der Waals surface area contributed by atoms with E-state index < -0.39 is 6.10 Å². The van der Waals surface area contributed by atoms with Crippen molar-refractivity contribution in [3.63, 3.8) is 0 Å². The van der Waals surface area contributed by atoms with Gasteiger partial charge in [0, 0.05) is 6.04 Å². The van der Waals surface area contributed by atoms with Crippen molar-refractivity contribution in [2.45, 2.75) is 52.2 Å². The third-order valence-corrected chi connectivity index (χ3v) is 4.16. The molecule has 0 spiro atoms. The lowest BCUT2D eigenvalue weighted by Gasteiger charge is -2.22. The smallest absolute Gasteiger partial charge is 0.258 e. The van der Waals surface area contributed by atoms with Crippen LogP contribution in [0.2, 0.25) is 0 Å². The van der Waals surface area contributed by atoms with E-state index >= 15 is 0 Å². The fourth-order valence-corrected chi connectivity index (χ4v) is 2.45. The van der Waals surface area contributed by atoms with Crippen molar-refractivity contribution in [1.29, 1.82) is 0 Å². The van der Waals surface area contributed by atoms with Gasteiger partial charge in [-0.1, -0.05) is 19.9 Å². The predicted molar refractivity (Wildman–Crippen MR) is 82.3 cm³/mol. The second-order valence-electron chi connectivity index (χ2n) is 6.16. The highest BCUT2D eigenvalue weighted by Gasteiger charge is 2.18. The number of amides is 1. The topological polar surface area (TPSA) is 58.6 Å². The summed E-state index contributed by atoms with van der Waals surface area (Å²) in [5.74, 6) is 0.921. The first-order chi connectivity index (χ1) is 9.97. The molecule has 1 aromatic carbocycles. The molecular weight excluding hydrogens is 266 g/mol. The molecule has 4 nitrogen and oxygen atoms in total. The summed E-state index contributed by atoms with van der Waals surface area (Å²) in [6, 6.07) is 5.85. The number of ether oxygens (including phenoxy) is 1. The van der Waals surface area contributed by atoms with Crippen molar-refractivity contribution in [3.05, 3.63) is 29.3 Å². The summed E-state index contributed by atoms with van der Waals surface area (Å²) in [5.41, 5.74) is 2.12. The Morgan fingerprint density at radius 2 is 2.19 bits per heavy atom. The van der Waals surface area contributed by atoms with Gasteiger partial charge < -0.3 is 15.2 Å². The molecule has 2 N–H and O–H groups in total. The number of aliphatic hydroxyl groups excluding tert-OH is 1. The van der Waals surface area contributed by atoms with Crippen molar-refractivity contribution >= 4 is 5.91 Å². The molecule has 0 heterocycles. The Morgan fingerprint density at radius 3 is 2.90 bits per heavy atom. The van der Waals surface area contributed by atoms with Crippen molar-refractivity contribution in [2.24, 2.45) is 5.92 Å². The quantitative estimate of drug-likeness (QED) is 0.876. The number of rotatable bonds is 5. The van der Waals surface area contributed by atoms with Gasteiger partial charge in [0.15, 0.2) is 6.61 Å². The predicted octanol–water partition coefficient (Wildman–Crippen LogP) is 2.60.